The van der Waals surface area contributed by atoms with Crippen LogP contribution in [0.5, 0.6) is 5.75 Å². The number of carbonyl (C=O) groups excluding carboxylic acids is 3. The van der Waals surface area contributed by atoms with Gasteiger partial charge in [0.15, 0.2) is 0 Å². The van der Waals surface area contributed by atoms with Gasteiger partial charge in [0.1, 0.15) is 18.9 Å². The molecular weight excluding hydrogens is 563 g/mol. The molecule has 8 heteroatoms. The Kier molecular flexibility index (Phi) is 7.69. The lowest BCUT2D eigenvalue weighted by molar-refractivity contribution is -0.127. The van der Waals surface area contributed by atoms with Gasteiger partial charge in [0.25, 0.3) is 11.1 Å². The fourth-order valence-corrected chi connectivity index (χ4v) is 4.49. The maximum atomic E-state index is 12.7. The molecule has 4 rings (SSSR count). The van der Waals surface area contributed by atoms with Crippen LogP contribution in [0.25, 0.3) is 6.08 Å². The Morgan fingerprint density at radius 1 is 1.06 bits per heavy atom. The minimum absolute atomic E-state index is 0.278. The van der Waals surface area contributed by atoms with Gasteiger partial charge in [-0.1, -0.05) is 42.0 Å². The lowest BCUT2D eigenvalue weighted by Gasteiger charge is -2.12. The van der Waals surface area contributed by atoms with Gasteiger partial charge in [-0.15, -0.1) is 0 Å². The van der Waals surface area contributed by atoms with Gasteiger partial charge in [0, 0.05) is 9.26 Å². The Bertz CT molecular complexity index is 1260. The Morgan fingerprint density at radius 3 is 2.50 bits per heavy atom. The van der Waals surface area contributed by atoms with Gasteiger partial charge in [-0.2, -0.15) is 0 Å². The summed E-state index contributed by atoms with van der Waals surface area (Å²) in [5.41, 5.74) is 3.64. The molecule has 0 bridgehead atoms. The summed E-state index contributed by atoms with van der Waals surface area (Å²) in [4.78, 5) is 38.6. The molecule has 1 heterocycles. The zero-order chi connectivity index (χ0) is 24.1. The van der Waals surface area contributed by atoms with E-state index in [2.05, 4.69) is 34.0 Å². The number of amides is 3. The van der Waals surface area contributed by atoms with E-state index in [9.17, 15) is 14.4 Å². The molecule has 0 unspecified atom stereocenters. The topological polar surface area (TPSA) is 75.7 Å². The lowest BCUT2D eigenvalue weighted by atomic mass is 10.1. The molecule has 6 nitrogen and oxygen atoms in total. The van der Waals surface area contributed by atoms with Crippen molar-refractivity contribution in [1.29, 1.82) is 0 Å². The third-order valence-electron chi connectivity index (χ3n) is 4.97. The number of halogens is 1. The van der Waals surface area contributed by atoms with Gasteiger partial charge in [0.05, 0.1) is 4.91 Å². The highest BCUT2D eigenvalue weighted by Crippen LogP contribution is 2.32. The van der Waals surface area contributed by atoms with E-state index in [-0.39, 0.29) is 11.4 Å². The third kappa shape index (κ3) is 6.27. The van der Waals surface area contributed by atoms with Gasteiger partial charge in [0.2, 0.25) is 5.91 Å². The van der Waals surface area contributed by atoms with Gasteiger partial charge >= 0.3 is 0 Å². The SMILES string of the molecule is Cc1cccc(COc2ccc(/C=C3/SC(=O)N(CC(=O)Nc4ccc(I)cc4)C3=O)cc2)c1. The molecule has 0 saturated carbocycles. The van der Waals surface area contributed by atoms with Crippen LogP contribution >= 0.6 is 34.4 Å². The summed E-state index contributed by atoms with van der Waals surface area (Å²) < 4.78 is 6.87. The highest BCUT2D eigenvalue weighted by Gasteiger charge is 2.36. The largest absolute Gasteiger partial charge is 0.489 e. The molecule has 3 aromatic carbocycles. The third-order valence-corrected chi connectivity index (χ3v) is 6.60. The van der Waals surface area contributed by atoms with Gasteiger partial charge in [-0.05, 0) is 94.9 Å². The Balaban J connectivity index is 1.35. The first-order valence-corrected chi connectivity index (χ1v) is 12.4. The highest BCUT2D eigenvalue weighted by atomic mass is 127. The summed E-state index contributed by atoms with van der Waals surface area (Å²) in [5.74, 6) is -0.202. The molecule has 1 aliphatic rings. The zero-order valence-corrected chi connectivity index (χ0v) is 21.3. The maximum Gasteiger partial charge on any atom is 0.294 e. The highest BCUT2D eigenvalue weighted by molar-refractivity contribution is 14.1. The molecule has 172 valence electrons. The van der Waals surface area contributed by atoms with Crippen molar-refractivity contribution >= 4 is 63.2 Å². The Hall–Kier alpha value is -3.11. The van der Waals surface area contributed by atoms with Crippen molar-refractivity contribution in [2.45, 2.75) is 13.5 Å². The monoisotopic (exact) mass is 584 g/mol. The fourth-order valence-electron chi connectivity index (χ4n) is 3.29. The number of carbonyl (C=O) groups is 3. The van der Waals surface area contributed by atoms with E-state index >= 15 is 0 Å². The standard InChI is InChI=1S/C26H21IN2O4S/c1-17-3-2-4-19(13-17)16-33-22-11-5-18(6-12-22)14-23-25(31)29(26(32)34-23)15-24(30)28-21-9-7-20(27)8-10-21/h2-14H,15-16H2,1H3,(H,28,30)/b23-14+. The van der Waals surface area contributed by atoms with Crippen molar-refractivity contribution in [3.8, 4) is 5.75 Å². The number of hydrogen-bond donors (Lipinski definition) is 1. The van der Waals surface area contributed by atoms with Crippen LogP contribution in [-0.2, 0) is 16.2 Å². The maximum absolute atomic E-state index is 12.7. The Labute approximate surface area is 215 Å². The van der Waals surface area contributed by atoms with Crippen LogP contribution in [0.2, 0.25) is 0 Å². The normalized spacial score (nSPS) is 14.5. The second-order valence-corrected chi connectivity index (χ2v) is 9.91. The van der Waals surface area contributed by atoms with Gasteiger partial charge in [-0.25, -0.2) is 0 Å². The average Bonchev–Trinajstić information content (AvgIpc) is 3.07. The van der Waals surface area contributed by atoms with E-state index in [1.807, 2.05) is 61.5 Å². The number of benzene rings is 3. The zero-order valence-electron chi connectivity index (χ0n) is 18.3. The molecule has 1 N–H and O–H groups in total. The summed E-state index contributed by atoms with van der Waals surface area (Å²) in [6.45, 7) is 2.17. The quantitative estimate of drug-likeness (QED) is 0.279. The summed E-state index contributed by atoms with van der Waals surface area (Å²) in [6, 6.07) is 22.7. The van der Waals surface area contributed by atoms with Crippen LogP contribution in [0.4, 0.5) is 10.5 Å². The summed E-state index contributed by atoms with van der Waals surface area (Å²) in [5, 5.41) is 2.24. The molecule has 0 atom stereocenters. The second kappa shape index (κ2) is 10.9. The van der Waals surface area contributed by atoms with E-state index < -0.39 is 17.1 Å². The predicted molar refractivity (Wildman–Crippen MR) is 142 cm³/mol. The van der Waals surface area contributed by atoms with E-state index in [1.165, 1.54) is 5.56 Å². The summed E-state index contributed by atoms with van der Waals surface area (Å²) in [6.07, 6.45) is 1.65. The molecule has 0 aliphatic carbocycles. The lowest BCUT2D eigenvalue weighted by Crippen LogP contribution is -2.36. The van der Waals surface area contributed by atoms with Crippen molar-refractivity contribution in [2.75, 3.05) is 11.9 Å². The number of rotatable bonds is 7. The van der Waals surface area contributed by atoms with Gasteiger partial charge in [-0.3, -0.25) is 19.3 Å². The molecule has 1 saturated heterocycles. The van der Waals surface area contributed by atoms with Crippen molar-refractivity contribution in [3.63, 3.8) is 0 Å². The minimum atomic E-state index is -0.479. The Morgan fingerprint density at radius 2 is 1.79 bits per heavy atom. The molecule has 1 fully saturated rings. The molecule has 0 spiro atoms. The first kappa shape index (κ1) is 24.0. The first-order chi connectivity index (χ1) is 16.4. The van der Waals surface area contributed by atoms with Crippen LogP contribution in [0.15, 0.2) is 77.7 Å². The van der Waals surface area contributed by atoms with E-state index in [1.54, 1.807) is 18.2 Å². The minimum Gasteiger partial charge on any atom is -0.489 e. The van der Waals surface area contributed by atoms with Crippen molar-refractivity contribution in [2.24, 2.45) is 0 Å². The molecule has 3 aromatic rings. The van der Waals surface area contributed by atoms with E-state index in [4.69, 9.17) is 4.74 Å². The molecule has 3 amide bonds. The molecular formula is C26H21IN2O4S. The number of ether oxygens (including phenoxy) is 1. The fraction of sp³-hybridized carbons (Fsp3) is 0.115. The van der Waals surface area contributed by atoms with Crippen LogP contribution in [0, 0.1) is 10.5 Å². The van der Waals surface area contributed by atoms with Crippen LogP contribution in [0.3, 0.4) is 0 Å². The number of nitrogens with zero attached hydrogens (tertiary/aromatic N) is 1. The number of nitrogens with one attached hydrogen (secondary N) is 1. The molecule has 34 heavy (non-hydrogen) atoms. The van der Waals surface area contributed by atoms with Crippen molar-refractivity contribution < 1.29 is 19.1 Å². The summed E-state index contributed by atoms with van der Waals surface area (Å²) in [7, 11) is 0. The average molecular weight is 584 g/mol. The van der Waals surface area contributed by atoms with E-state index in [0.29, 0.717) is 18.0 Å². The van der Waals surface area contributed by atoms with Crippen LogP contribution in [0.1, 0.15) is 16.7 Å². The predicted octanol–water partition coefficient (Wildman–Crippen LogP) is 5.85. The summed E-state index contributed by atoms with van der Waals surface area (Å²) >= 11 is 3.00. The molecule has 0 radical (unpaired) electrons. The van der Waals surface area contributed by atoms with Crippen LogP contribution < -0.4 is 10.1 Å². The van der Waals surface area contributed by atoms with E-state index in [0.717, 1.165) is 31.4 Å². The number of anilines is 1. The number of thioether (sulfide) groups is 1. The smallest absolute Gasteiger partial charge is 0.294 e. The number of aryl methyl sites for hydroxylation is 1. The van der Waals surface area contributed by atoms with Crippen molar-refractivity contribution in [1.82, 2.24) is 4.90 Å². The molecule has 1 aliphatic heterocycles. The molecule has 0 aromatic heterocycles. The second-order valence-electron chi connectivity index (χ2n) is 7.67. The van der Waals surface area contributed by atoms with Crippen molar-refractivity contribution in [3.05, 3.63) is 98.0 Å². The van der Waals surface area contributed by atoms with Gasteiger partial charge < -0.3 is 10.1 Å². The van der Waals surface area contributed by atoms with Crippen LogP contribution in [-0.4, -0.2) is 28.5 Å². The number of imide groups is 1. The first-order valence-electron chi connectivity index (χ1n) is 10.5. The number of hydrogen-bond acceptors (Lipinski definition) is 5.